The van der Waals surface area contributed by atoms with Gasteiger partial charge in [-0.15, -0.1) is 12.4 Å². The monoisotopic (exact) mass is 532 g/mol. The van der Waals surface area contributed by atoms with E-state index in [0.717, 1.165) is 11.3 Å². The van der Waals surface area contributed by atoms with Gasteiger partial charge in [0.25, 0.3) is 11.8 Å². The first-order valence-corrected chi connectivity index (χ1v) is 11.1. The lowest BCUT2D eigenvalue weighted by molar-refractivity contribution is -0.137. The number of aryl methyl sites for hydroxylation is 1. The average molecular weight is 533 g/mol. The molecular weight excluding hydrogens is 508 g/mol. The number of benzene rings is 2. The quantitative estimate of drug-likeness (QED) is 0.206. The van der Waals surface area contributed by atoms with Crippen LogP contribution in [0.2, 0.25) is 0 Å². The number of carbonyl (C=O) groups is 3. The number of methoxy groups -OCH3 is 1. The summed E-state index contributed by atoms with van der Waals surface area (Å²) in [6, 6.07) is 12.5. The molecule has 0 aliphatic rings. The number of nitrogens with one attached hydrogen (secondary N) is 2. The van der Waals surface area contributed by atoms with Crippen LogP contribution in [0.15, 0.2) is 53.5 Å². The Morgan fingerprint density at radius 3 is 2.44 bits per heavy atom. The minimum Gasteiger partial charge on any atom is -0.495 e. The molecular formula is C23H25ClN6O5S. The summed E-state index contributed by atoms with van der Waals surface area (Å²) in [4.78, 5) is 45.5. The van der Waals surface area contributed by atoms with Crippen molar-refractivity contribution in [3.05, 3.63) is 70.2 Å². The third-order valence-electron chi connectivity index (χ3n) is 4.81. The first-order valence-electron chi connectivity index (χ1n) is 10.3. The first kappa shape index (κ1) is 28.1. The number of anilines is 1. The van der Waals surface area contributed by atoms with Gasteiger partial charge in [0.1, 0.15) is 10.6 Å². The highest BCUT2D eigenvalue weighted by Gasteiger charge is 2.21. The number of nitrogens with two attached hydrogens (primary N) is 2. The Hall–Kier alpha value is -4.16. The van der Waals surface area contributed by atoms with Crippen LogP contribution in [0.3, 0.4) is 0 Å². The van der Waals surface area contributed by atoms with Crippen molar-refractivity contribution in [2.45, 2.75) is 19.4 Å². The maximum absolute atomic E-state index is 13.0. The van der Waals surface area contributed by atoms with Gasteiger partial charge in [-0.3, -0.25) is 14.4 Å². The maximum atomic E-state index is 13.0. The van der Waals surface area contributed by atoms with E-state index in [2.05, 4.69) is 20.6 Å². The van der Waals surface area contributed by atoms with Crippen molar-refractivity contribution in [1.29, 1.82) is 0 Å². The van der Waals surface area contributed by atoms with Crippen molar-refractivity contribution in [1.82, 2.24) is 10.3 Å². The van der Waals surface area contributed by atoms with Crippen molar-refractivity contribution in [2.75, 3.05) is 12.4 Å². The smallest absolute Gasteiger partial charge is 0.305 e. The lowest BCUT2D eigenvalue weighted by Crippen LogP contribution is -2.30. The van der Waals surface area contributed by atoms with Crippen LogP contribution < -0.4 is 26.8 Å². The van der Waals surface area contributed by atoms with E-state index in [4.69, 9.17) is 16.2 Å². The number of aromatic nitrogens is 1. The fourth-order valence-corrected chi connectivity index (χ4v) is 4.08. The number of aliphatic imine (C=N–C) groups is 1. The summed E-state index contributed by atoms with van der Waals surface area (Å²) >= 11 is 1.00. The molecule has 36 heavy (non-hydrogen) atoms. The predicted octanol–water partition coefficient (Wildman–Crippen LogP) is 2.98. The van der Waals surface area contributed by atoms with E-state index in [1.54, 1.807) is 37.3 Å². The SMILES string of the molecule is COc1ccc(C(=O)N[C@@H](CC(=O)O)c2ccccc2)cc1NC(=O)c1sc(N=C(N)N)nc1C.Cl. The van der Waals surface area contributed by atoms with Crippen LogP contribution in [0.25, 0.3) is 0 Å². The molecule has 0 saturated heterocycles. The minimum absolute atomic E-state index is 0. The Labute approximate surface area is 217 Å². The molecule has 0 aliphatic heterocycles. The molecule has 1 aromatic heterocycles. The van der Waals surface area contributed by atoms with Crippen molar-refractivity contribution < 1.29 is 24.2 Å². The van der Waals surface area contributed by atoms with E-state index >= 15 is 0 Å². The largest absolute Gasteiger partial charge is 0.495 e. The molecule has 1 heterocycles. The molecule has 0 spiro atoms. The highest BCUT2D eigenvalue weighted by Crippen LogP contribution is 2.30. The zero-order valence-corrected chi connectivity index (χ0v) is 21.0. The van der Waals surface area contributed by atoms with Gasteiger partial charge in [0.05, 0.1) is 31.0 Å². The number of carbonyl (C=O) groups excluding carboxylic acids is 2. The fourth-order valence-electron chi connectivity index (χ4n) is 3.23. The van der Waals surface area contributed by atoms with Gasteiger partial charge in [-0.2, -0.15) is 4.99 Å². The van der Waals surface area contributed by atoms with E-state index < -0.39 is 23.8 Å². The molecule has 7 N–H and O–H groups in total. The fraction of sp³-hybridized carbons (Fsp3) is 0.174. The van der Waals surface area contributed by atoms with Crippen molar-refractivity contribution in [3.63, 3.8) is 0 Å². The second kappa shape index (κ2) is 12.5. The molecule has 11 nitrogen and oxygen atoms in total. The molecule has 13 heteroatoms. The van der Waals surface area contributed by atoms with Crippen LogP contribution in [0.4, 0.5) is 10.8 Å². The minimum atomic E-state index is -1.05. The molecule has 2 amide bonds. The maximum Gasteiger partial charge on any atom is 0.305 e. The topological polar surface area (TPSA) is 182 Å². The Bertz CT molecular complexity index is 1280. The molecule has 0 fully saturated rings. The van der Waals surface area contributed by atoms with Crippen LogP contribution in [0.5, 0.6) is 5.75 Å². The number of ether oxygens (including phenoxy) is 1. The second-order valence-corrected chi connectivity index (χ2v) is 8.33. The highest BCUT2D eigenvalue weighted by atomic mass is 35.5. The van der Waals surface area contributed by atoms with E-state index in [9.17, 15) is 19.5 Å². The number of hydrogen-bond acceptors (Lipinski definition) is 7. The molecule has 0 bridgehead atoms. The molecule has 1 atom stereocenters. The van der Waals surface area contributed by atoms with Gasteiger partial charge in [0.15, 0.2) is 5.96 Å². The molecule has 0 radical (unpaired) electrons. The zero-order valence-electron chi connectivity index (χ0n) is 19.3. The number of nitrogens with zero attached hydrogens (tertiary/aromatic N) is 2. The Balaban J connectivity index is 0.00000456. The summed E-state index contributed by atoms with van der Waals surface area (Å²) in [5, 5.41) is 15.0. The third kappa shape index (κ3) is 7.17. The van der Waals surface area contributed by atoms with Crippen molar-refractivity contribution in [3.8, 4) is 5.75 Å². The molecule has 190 valence electrons. The molecule has 0 saturated carbocycles. The lowest BCUT2D eigenvalue weighted by Gasteiger charge is -2.18. The van der Waals surface area contributed by atoms with Crippen molar-refractivity contribution >= 4 is 58.3 Å². The number of amides is 2. The normalized spacial score (nSPS) is 10.9. The third-order valence-corrected chi connectivity index (χ3v) is 5.86. The number of carboxylic acid groups (broad SMARTS) is 1. The van der Waals surface area contributed by atoms with Crippen LogP contribution in [-0.4, -0.2) is 40.9 Å². The average Bonchev–Trinajstić information content (AvgIpc) is 3.18. The van der Waals surface area contributed by atoms with Crippen LogP contribution >= 0.6 is 23.7 Å². The van der Waals surface area contributed by atoms with Gasteiger partial charge < -0.3 is 31.9 Å². The van der Waals surface area contributed by atoms with Crippen molar-refractivity contribution in [2.24, 2.45) is 16.5 Å². The molecule has 0 aliphatic carbocycles. The van der Waals surface area contributed by atoms with E-state index in [-0.39, 0.29) is 46.0 Å². The summed E-state index contributed by atoms with van der Waals surface area (Å²) in [6.07, 6.45) is -0.293. The van der Waals surface area contributed by atoms with E-state index in [1.165, 1.54) is 25.3 Å². The lowest BCUT2D eigenvalue weighted by atomic mass is 10.0. The van der Waals surface area contributed by atoms with E-state index in [1.807, 2.05) is 0 Å². The molecule has 0 unspecified atom stereocenters. The molecule has 3 rings (SSSR count). The number of hydrogen-bond donors (Lipinski definition) is 5. The van der Waals surface area contributed by atoms with E-state index in [0.29, 0.717) is 17.0 Å². The van der Waals surface area contributed by atoms with Gasteiger partial charge in [-0.1, -0.05) is 41.7 Å². The second-order valence-electron chi connectivity index (χ2n) is 7.35. The van der Waals surface area contributed by atoms with Crippen LogP contribution in [-0.2, 0) is 4.79 Å². The number of halogens is 1. The number of guanidine groups is 1. The molecule has 3 aromatic rings. The standard InChI is InChI=1S/C23H24N6O5S.ClH/c1-12-19(35-23(26-12)29-22(24)25)21(33)28-16-10-14(8-9-17(16)34-2)20(32)27-15(11-18(30)31)13-6-4-3-5-7-13;/h3-10,15H,11H2,1-2H3,(H,27,32)(H,28,33)(H,30,31)(H4,24,25,26,29);1H/t15-;/m0./s1. The summed E-state index contributed by atoms with van der Waals surface area (Å²) < 4.78 is 5.32. The number of rotatable bonds is 9. The van der Waals surface area contributed by atoms with Crippen LogP contribution in [0.1, 0.15) is 43.7 Å². The Kier molecular flexibility index (Phi) is 9.76. The van der Waals surface area contributed by atoms with Gasteiger partial charge in [0, 0.05) is 5.56 Å². The first-order chi connectivity index (χ1) is 16.7. The Morgan fingerprint density at radius 1 is 1.14 bits per heavy atom. The summed E-state index contributed by atoms with van der Waals surface area (Å²) in [5.41, 5.74) is 12.3. The number of aliphatic carboxylic acids is 1. The van der Waals surface area contributed by atoms with Gasteiger partial charge in [-0.05, 0) is 30.7 Å². The zero-order chi connectivity index (χ0) is 25.5. The number of thiazole rings is 1. The highest BCUT2D eigenvalue weighted by molar-refractivity contribution is 7.17. The number of carboxylic acids is 1. The van der Waals surface area contributed by atoms with Gasteiger partial charge in [-0.25, -0.2) is 4.98 Å². The summed E-state index contributed by atoms with van der Waals surface area (Å²) in [5.74, 6) is -1.90. The van der Waals surface area contributed by atoms with Gasteiger partial charge >= 0.3 is 5.97 Å². The predicted molar refractivity (Wildman–Crippen MR) is 139 cm³/mol. The van der Waals surface area contributed by atoms with Crippen LogP contribution in [0, 0.1) is 6.92 Å². The molecule has 2 aromatic carbocycles. The Morgan fingerprint density at radius 2 is 1.83 bits per heavy atom. The summed E-state index contributed by atoms with van der Waals surface area (Å²) in [7, 11) is 1.43. The summed E-state index contributed by atoms with van der Waals surface area (Å²) in [6.45, 7) is 1.64. The van der Waals surface area contributed by atoms with Gasteiger partial charge in [0.2, 0.25) is 5.13 Å².